The third-order valence-electron chi connectivity index (χ3n) is 2.31. The fourth-order valence-corrected chi connectivity index (χ4v) is 1.29. The molecule has 72 valence electrons. The topological polar surface area (TPSA) is 33.1 Å². The maximum absolute atomic E-state index is 9.70. The molecule has 1 unspecified atom stereocenters. The minimum Gasteiger partial charge on any atom is -0.388 e. The van der Waals surface area contributed by atoms with Gasteiger partial charge in [-0.1, -0.05) is 19.4 Å². The van der Waals surface area contributed by atoms with Crippen molar-refractivity contribution in [1.29, 1.82) is 0 Å². The first-order valence-corrected chi connectivity index (χ1v) is 4.76. The van der Waals surface area contributed by atoms with Gasteiger partial charge in [0.05, 0.1) is 6.10 Å². The quantitative estimate of drug-likeness (QED) is 0.773. The molecule has 1 N–H and O–H groups in total. The molecule has 0 aliphatic rings. The molecule has 1 aromatic rings. The van der Waals surface area contributed by atoms with Crippen LogP contribution in [0.15, 0.2) is 12.3 Å². The molecule has 0 aliphatic heterocycles. The molecule has 0 saturated carbocycles. The highest BCUT2D eigenvalue weighted by molar-refractivity contribution is 5.24. The summed E-state index contributed by atoms with van der Waals surface area (Å²) in [5, 5.41) is 9.70. The second-order valence-corrected chi connectivity index (χ2v) is 3.48. The molecule has 2 heteroatoms. The summed E-state index contributed by atoms with van der Waals surface area (Å²) in [5.41, 5.74) is 3.12. The Morgan fingerprint density at radius 2 is 2.15 bits per heavy atom. The molecule has 0 saturated heterocycles. The lowest BCUT2D eigenvalue weighted by atomic mass is 10.0. The molecule has 0 amide bonds. The number of aliphatic hydroxyl groups is 1. The number of rotatable bonds is 3. The fourth-order valence-electron chi connectivity index (χ4n) is 1.29. The monoisotopic (exact) mass is 179 g/mol. The van der Waals surface area contributed by atoms with Gasteiger partial charge in [-0.3, -0.25) is 4.98 Å². The molecule has 0 radical (unpaired) electrons. The fraction of sp³-hybridized carbons (Fsp3) is 0.545. The van der Waals surface area contributed by atoms with Crippen molar-refractivity contribution in [3.8, 4) is 0 Å². The summed E-state index contributed by atoms with van der Waals surface area (Å²) in [7, 11) is 0. The van der Waals surface area contributed by atoms with Gasteiger partial charge in [-0.2, -0.15) is 0 Å². The van der Waals surface area contributed by atoms with Crippen molar-refractivity contribution in [2.24, 2.45) is 0 Å². The van der Waals surface area contributed by atoms with Crippen LogP contribution in [0.3, 0.4) is 0 Å². The van der Waals surface area contributed by atoms with E-state index in [-0.39, 0.29) is 6.10 Å². The van der Waals surface area contributed by atoms with Gasteiger partial charge in [-0.25, -0.2) is 0 Å². The third kappa shape index (κ3) is 2.52. The molecule has 1 heterocycles. The highest BCUT2D eigenvalue weighted by atomic mass is 16.3. The zero-order valence-electron chi connectivity index (χ0n) is 8.54. The van der Waals surface area contributed by atoms with Crippen LogP contribution in [0.5, 0.6) is 0 Å². The molecule has 2 nitrogen and oxygen atoms in total. The first-order valence-electron chi connectivity index (χ1n) is 4.76. The number of aromatic nitrogens is 1. The molecular weight excluding hydrogens is 162 g/mol. The molecule has 0 aliphatic carbocycles. The predicted molar refractivity (Wildman–Crippen MR) is 53.6 cm³/mol. The van der Waals surface area contributed by atoms with Crippen LogP contribution in [0.1, 0.15) is 42.7 Å². The average molecular weight is 179 g/mol. The van der Waals surface area contributed by atoms with Crippen molar-refractivity contribution < 1.29 is 5.11 Å². The summed E-state index contributed by atoms with van der Waals surface area (Å²) in [6.07, 6.45) is 3.22. The molecule has 0 bridgehead atoms. The number of aryl methyl sites for hydroxylation is 2. The van der Waals surface area contributed by atoms with E-state index in [2.05, 4.69) is 11.9 Å². The van der Waals surface area contributed by atoms with Crippen LogP contribution in [0, 0.1) is 13.8 Å². The lowest BCUT2D eigenvalue weighted by Gasteiger charge is -2.10. The van der Waals surface area contributed by atoms with Crippen molar-refractivity contribution in [1.82, 2.24) is 4.98 Å². The summed E-state index contributed by atoms with van der Waals surface area (Å²) < 4.78 is 0. The van der Waals surface area contributed by atoms with Crippen LogP contribution in [-0.4, -0.2) is 10.1 Å². The van der Waals surface area contributed by atoms with E-state index in [4.69, 9.17) is 0 Å². The average Bonchev–Trinajstić information content (AvgIpc) is 2.10. The summed E-state index contributed by atoms with van der Waals surface area (Å²) in [4.78, 5) is 4.22. The van der Waals surface area contributed by atoms with Gasteiger partial charge >= 0.3 is 0 Å². The number of hydrogen-bond acceptors (Lipinski definition) is 2. The Bertz CT molecular complexity index is 283. The van der Waals surface area contributed by atoms with Crippen LogP contribution in [0.4, 0.5) is 0 Å². The van der Waals surface area contributed by atoms with Gasteiger partial charge in [0.15, 0.2) is 0 Å². The van der Waals surface area contributed by atoms with E-state index < -0.39 is 0 Å². The number of pyridine rings is 1. The van der Waals surface area contributed by atoms with Gasteiger partial charge in [0.2, 0.25) is 0 Å². The lowest BCUT2D eigenvalue weighted by molar-refractivity contribution is 0.166. The SMILES string of the molecule is CCCC(O)c1cnc(C)c(C)c1. The smallest absolute Gasteiger partial charge is 0.0804 e. The first kappa shape index (κ1) is 10.2. The Labute approximate surface area is 79.6 Å². The number of aliphatic hydroxyl groups excluding tert-OH is 1. The Morgan fingerprint density at radius 1 is 1.46 bits per heavy atom. The largest absolute Gasteiger partial charge is 0.388 e. The third-order valence-corrected chi connectivity index (χ3v) is 2.31. The Balaban J connectivity index is 2.84. The van der Waals surface area contributed by atoms with Crippen LogP contribution in [0.25, 0.3) is 0 Å². The number of hydrogen-bond donors (Lipinski definition) is 1. The van der Waals surface area contributed by atoms with Crippen LogP contribution in [0.2, 0.25) is 0 Å². The summed E-state index contributed by atoms with van der Waals surface area (Å²) in [6.45, 7) is 6.06. The van der Waals surface area contributed by atoms with Crippen molar-refractivity contribution in [3.63, 3.8) is 0 Å². The zero-order chi connectivity index (χ0) is 9.84. The summed E-state index contributed by atoms with van der Waals surface area (Å²) in [5.74, 6) is 0. The summed E-state index contributed by atoms with van der Waals surface area (Å²) in [6, 6.07) is 2.02. The predicted octanol–water partition coefficient (Wildman–Crippen LogP) is 2.53. The second kappa shape index (κ2) is 4.38. The van der Waals surface area contributed by atoms with E-state index in [0.29, 0.717) is 0 Å². The first-order chi connectivity index (χ1) is 6.15. The molecule has 1 atom stereocenters. The lowest BCUT2D eigenvalue weighted by Crippen LogP contribution is -1.99. The van der Waals surface area contributed by atoms with E-state index in [1.807, 2.05) is 19.9 Å². The molecule has 0 aromatic carbocycles. The summed E-state index contributed by atoms with van der Waals surface area (Å²) >= 11 is 0. The van der Waals surface area contributed by atoms with Gasteiger partial charge in [0.25, 0.3) is 0 Å². The molecule has 0 fully saturated rings. The minimum absolute atomic E-state index is 0.350. The molecule has 13 heavy (non-hydrogen) atoms. The molecule has 1 rings (SSSR count). The molecule has 0 spiro atoms. The van der Waals surface area contributed by atoms with E-state index in [1.165, 1.54) is 0 Å². The van der Waals surface area contributed by atoms with E-state index in [1.54, 1.807) is 6.20 Å². The van der Waals surface area contributed by atoms with Gasteiger partial charge in [-0.15, -0.1) is 0 Å². The number of nitrogens with zero attached hydrogens (tertiary/aromatic N) is 1. The van der Waals surface area contributed by atoms with Gasteiger partial charge in [-0.05, 0) is 31.4 Å². The van der Waals surface area contributed by atoms with Gasteiger partial charge < -0.3 is 5.11 Å². The molecular formula is C11H17NO. The minimum atomic E-state index is -0.350. The van der Waals surface area contributed by atoms with Crippen LogP contribution < -0.4 is 0 Å². The van der Waals surface area contributed by atoms with Crippen LogP contribution in [-0.2, 0) is 0 Å². The maximum Gasteiger partial charge on any atom is 0.0804 e. The van der Waals surface area contributed by atoms with Crippen LogP contribution >= 0.6 is 0 Å². The van der Waals surface area contributed by atoms with Gasteiger partial charge in [0, 0.05) is 11.9 Å². The Morgan fingerprint density at radius 3 is 2.69 bits per heavy atom. The van der Waals surface area contributed by atoms with Crippen molar-refractivity contribution in [2.45, 2.75) is 39.7 Å². The van der Waals surface area contributed by atoms with E-state index in [9.17, 15) is 5.11 Å². The Kier molecular flexibility index (Phi) is 3.43. The highest BCUT2D eigenvalue weighted by Gasteiger charge is 2.07. The normalized spacial score (nSPS) is 12.9. The van der Waals surface area contributed by atoms with Crippen molar-refractivity contribution in [3.05, 3.63) is 29.1 Å². The second-order valence-electron chi connectivity index (χ2n) is 3.48. The zero-order valence-corrected chi connectivity index (χ0v) is 8.54. The molecule has 1 aromatic heterocycles. The van der Waals surface area contributed by atoms with E-state index >= 15 is 0 Å². The maximum atomic E-state index is 9.70. The Hall–Kier alpha value is -0.890. The van der Waals surface area contributed by atoms with Crippen molar-refractivity contribution >= 4 is 0 Å². The van der Waals surface area contributed by atoms with E-state index in [0.717, 1.165) is 29.7 Å². The van der Waals surface area contributed by atoms with Crippen molar-refractivity contribution in [2.75, 3.05) is 0 Å². The highest BCUT2D eigenvalue weighted by Crippen LogP contribution is 2.18. The standard InChI is InChI=1S/C11H17NO/c1-4-5-11(13)10-6-8(2)9(3)12-7-10/h6-7,11,13H,4-5H2,1-3H3. The van der Waals surface area contributed by atoms with Gasteiger partial charge in [0.1, 0.15) is 0 Å².